The van der Waals surface area contributed by atoms with E-state index in [1.54, 1.807) is 0 Å². The predicted octanol–water partition coefficient (Wildman–Crippen LogP) is 2.13. The molecular formula is C14H23N5. The predicted molar refractivity (Wildman–Crippen MR) is 76.1 cm³/mol. The van der Waals surface area contributed by atoms with E-state index in [0.717, 1.165) is 25.3 Å². The number of hydrogen-bond donors (Lipinski definition) is 1. The van der Waals surface area contributed by atoms with Crippen molar-refractivity contribution in [3.63, 3.8) is 0 Å². The molecule has 0 saturated heterocycles. The Bertz CT molecular complexity index is 524. The van der Waals surface area contributed by atoms with Crippen molar-refractivity contribution in [3.8, 4) is 0 Å². The van der Waals surface area contributed by atoms with Gasteiger partial charge in [0.1, 0.15) is 0 Å². The fraction of sp³-hybridized carbons (Fsp3) is 0.571. The molecule has 0 aliphatic heterocycles. The van der Waals surface area contributed by atoms with Crippen molar-refractivity contribution in [2.75, 3.05) is 6.54 Å². The summed E-state index contributed by atoms with van der Waals surface area (Å²) in [5.74, 6) is 0. The minimum Gasteiger partial charge on any atom is -0.313 e. The Morgan fingerprint density at radius 3 is 2.79 bits per heavy atom. The van der Waals surface area contributed by atoms with E-state index in [1.165, 1.54) is 11.3 Å². The summed E-state index contributed by atoms with van der Waals surface area (Å²) < 4.78 is 3.99. The number of aromatic nitrogens is 4. The van der Waals surface area contributed by atoms with Crippen LogP contribution >= 0.6 is 0 Å². The molecule has 0 bridgehead atoms. The normalized spacial score (nSPS) is 11.4. The summed E-state index contributed by atoms with van der Waals surface area (Å²) in [5, 5.41) is 12.3. The summed E-state index contributed by atoms with van der Waals surface area (Å²) in [6.07, 6.45) is 3.97. The van der Waals surface area contributed by atoms with E-state index in [9.17, 15) is 0 Å². The van der Waals surface area contributed by atoms with Crippen molar-refractivity contribution in [2.45, 2.75) is 46.8 Å². The van der Waals surface area contributed by atoms with Gasteiger partial charge >= 0.3 is 0 Å². The van der Waals surface area contributed by atoms with Crippen molar-refractivity contribution in [3.05, 3.63) is 35.4 Å². The first kappa shape index (κ1) is 13.8. The Balaban J connectivity index is 2.08. The van der Waals surface area contributed by atoms with E-state index in [0.29, 0.717) is 6.04 Å². The average Bonchev–Trinajstić information content (AvgIpc) is 2.97. The van der Waals surface area contributed by atoms with Crippen LogP contribution < -0.4 is 5.32 Å². The lowest BCUT2D eigenvalue weighted by molar-refractivity contribution is 0.519. The van der Waals surface area contributed by atoms with Gasteiger partial charge in [-0.1, -0.05) is 6.92 Å². The molecule has 0 atom stereocenters. The van der Waals surface area contributed by atoms with Crippen LogP contribution in [-0.2, 0) is 13.1 Å². The fourth-order valence-corrected chi connectivity index (χ4v) is 1.98. The monoisotopic (exact) mass is 261 g/mol. The standard InChI is InChI=1S/C14H23N5/c1-5-15-8-13-9-16-19(12(13)4)10-14-6-7-18(17-14)11(2)3/h6-7,9,11,15H,5,8,10H2,1-4H3. The second kappa shape index (κ2) is 6.02. The molecule has 2 rings (SSSR count). The van der Waals surface area contributed by atoms with Crippen LogP contribution in [0, 0.1) is 6.92 Å². The topological polar surface area (TPSA) is 47.7 Å². The average molecular weight is 261 g/mol. The quantitative estimate of drug-likeness (QED) is 0.866. The largest absolute Gasteiger partial charge is 0.313 e. The third-order valence-electron chi connectivity index (χ3n) is 3.27. The molecule has 0 unspecified atom stereocenters. The fourth-order valence-electron chi connectivity index (χ4n) is 1.98. The lowest BCUT2D eigenvalue weighted by atomic mass is 10.2. The van der Waals surface area contributed by atoms with Gasteiger partial charge in [-0.15, -0.1) is 0 Å². The van der Waals surface area contributed by atoms with Crippen molar-refractivity contribution in [1.29, 1.82) is 0 Å². The molecule has 0 fully saturated rings. The van der Waals surface area contributed by atoms with Gasteiger partial charge in [0.2, 0.25) is 0 Å². The van der Waals surface area contributed by atoms with Gasteiger partial charge in [-0.05, 0) is 33.4 Å². The number of nitrogens with zero attached hydrogens (tertiary/aromatic N) is 4. The molecule has 0 aliphatic rings. The second-order valence-corrected chi connectivity index (χ2v) is 5.07. The van der Waals surface area contributed by atoms with Gasteiger partial charge in [-0.25, -0.2) is 0 Å². The highest BCUT2D eigenvalue weighted by molar-refractivity contribution is 5.17. The van der Waals surface area contributed by atoms with Crippen molar-refractivity contribution in [2.24, 2.45) is 0 Å². The lowest BCUT2D eigenvalue weighted by Gasteiger charge is -2.06. The SMILES string of the molecule is CCNCc1cnn(Cc2ccn(C(C)C)n2)c1C. The Kier molecular flexibility index (Phi) is 4.37. The van der Waals surface area contributed by atoms with Gasteiger partial charge in [-0.2, -0.15) is 10.2 Å². The van der Waals surface area contributed by atoms with Gasteiger partial charge in [0.15, 0.2) is 0 Å². The first-order valence-electron chi connectivity index (χ1n) is 6.87. The minimum absolute atomic E-state index is 0.400. The van der Waals surface area contributed by atoms with Crippen LogP contribution in [0.15, 0.2) is 18.5 Å². The van der Waals surface area contributed by atoms with E-state index < -0.39 is 0 Å². The molecule has 2 aromatic rings. The maximum atomic E-state index is 4.56. The zero-order valence-electron chi connectivity index (χ0n) is 12.2. The van der Waals surface area contributed by atoms with Crippen molar-refractivity contribution in [1.82, 2.24) is 24.9 Å². The van der Waals surface area contributed by atoms with Crippen LogP contribution in [0.4, 0.5) is 0 Å². The highest BCUT2D eigenvalue weighted by Crippen LogP contribution is 2.10. The van der Waals surface area contributed by atoms with Crippen LogP contribution in [0.1, 0.15) is 43.8 Å². The summed E-state index contributed by atoms with van der Waals surface area (Å²) in [6.45, 7) is 11.1. The maximum Gasteiger partial charge on any atom is 0.0852 e. The van der Waals surface area contributed by atoms with E-state index in [1.807, 2.05) is 21.8 Å². The third-order valence-corrected chi connectivity index (χ3v) is 3.27. The molecule has 1 N–H and O–H groups in total. The van der Waals surface area contributed by atoms with E-state index in [-0.39, 0.29) is 0 Å². The molecule has 19 heavy (non-hydrogen) atoms. The van der Waals surface area contributed by atoms with Gasteiger partial charge < -0.3 is 5.32 Å². The van der Waals surface area contributed by atoms with Crippen LogP contribution in [0.5, 0.6) is 0 Å². The van der Waals surface area contributed by atoms with Crippen LogP contribution in [0.3, 0.4) is 0 Å². The molecule has 0 amide bonds. The molecule has 5 heteroatoms. The summed E-state index contributed by atoms with van der Waals surface area (Å²) in [4.78, 5) is 0. The Morgan fingerprint density at radius 2 is 2.16 bits per heavy atom. The number of rotatable bonds is 6. The molecule has 0 aromatic carbocycles. The molecule has 0 spiro atoms. The smallest absolute Gasteiger partial charge is 0.0852 e. The Hall–Kier alpha value is -1.62. The number of nitrogens with one attached hydrogen (secondary N) is 1. The Morgan fingerprint density at radius 1 is 1.37 bits per heavy atom. The highest BCUT2D eigenvalue weighted by atomic mass is 15.3. The number of hydrogen-bond acceptors (Lipinski definition) is 3. The van der Waals surface area contributed by atoms with Crippen LogP contribution in [0.25, 0.3) is 0 Å². The summed E-state index contributed by atoms with van der Waals surface area (Å²) in [5.41, 5.74) is 3.51. The molecule has 5 nitrogen and oxygen atoms in total. The van der Waals surface area contributed by atoms with Crippen LogP contribution in [-0.4, -0.2) is 26.1 Å². The van der Waals surface area contributed by atoms with Gasteiger partial charge in [-0.3, -0.25) is 9.36 Å². The molecule has 0 saturated carbocycles. The van der Waals surface area contributed by atoms with E-state index in [2.05, 4.69) is 49.3 Å². The highest BCUT2D eigenvalue weighted by Gasteiger charge is 2.08. The first-order chi connectivity index (χ1) is 9.11. The molecule has 2 aromatic heterocycles. The zero-order chi connectivity index (χ0) is 13.8. The van der Waals surface area contributed by atoms with E-state index >= 15 is 0 Å². The zero-order valence-corrected chi connectivity index (χ0v) is 12.2. The van der Waals surface area contributed by atoms with E-state index in [4.69, 9.17) is 0 Å². The third kappa shape index (κ3) is 3.23. The molecular weight excluding hydrogens is 238 g/mol. The summed E-state index contributed by atoms with van der Waals surface area (Å²) in [7, 11) is 0. The molecule has 0 radical (unpaired) electrons. The first-order valence-corrected chi connectivity index (χ1v) is 6.87. The van der Waals surface area contributed by atoms with Crippen LogP contribution in [0.2, 0.25) is 0 Å². The maximum absolute atomic E-state index is 4.56. The van der Waals surface area contributed by atoms with Gasteiger partial charge in [0.05, 0.1) is 18.4 Å². The minimum atomic E-state index is 0.400. The van der Waals surface area contributed by atoms with Gasteiger partial charge in [0, 0.05) is 30.0 Å². The van der Waals surface area contributed by atoms with Crippen molar-refractivity contribution < 1.29 is 0 Å². The second-order valence-electron chi connectivity index (χ2n) is 5.07. The van der Waals surface area contributed by atoms with Gasteiger partial charge in [0.25, 0.3) is 0 Å². The Labute approximate surface area is 114 Å². The van der Waals surface area contributed by atoms with Crippen molar-refractivity contribution >= 4 is 0 Å². The lowest BCUT2D eigenvalue weighted by Crippen LogP contribution is -2.13. The molecule has 2 heterocycles. The summed E-state index contributed by atoms with van der Waals surface area (Å²) in [6, 6.07) is 2.46. The summed E-state index contributed by atoms with van der Waals surface area (Å²) >= 11 is 0. The molecule has 0 aliphatic carbocycles. The molecule has 104 valence electrons.